The van der Waals surface area contributed by atoms with Crippen molar-refractivity contribution in [2.45, 2.75) is 31.9 Å². The van der Waals surface area contributed by atoms with E-state index in [1.54, 1.807) is 46.9 Å². The van der Waals surface area contributed by atoms with Crippen LogP contribution in [0.25, 0.3) is 11.1 Å². The van der Waals surface area contributed by atoms with Gasteiger partial charge in [-0.1, -0.05) is 48.5 Å². The Hall–Kier alpha value is -3.67. The highest BCUT2D eigenvalue weighted by molar-refractivity contribution is 5.69. The molecule has 2 atom stereocenters. The molecular weight excluding hydrogens is 419 g/mol. The van der Waals surface area contributed by atoms with Crippen LogP contribution in [0.2, 0.25) is 0 Å². The SMILES string of the molecule is C=CCC1CCN(C(C)c2ccc(-c3ccc(=O)n(C)c3)cc2)C(=O)O1.Fc1ccccc1. The lowest BCUT2D eigenvalue weighted by Crippen LogP contribution is -2.43. The number of pyridine rings is 1. The molecule has 5 nitrogen and oxygen atoms in total. The molecule has 1 aliphatic rings. The van der Waals surface area contributed by atoms with E-state index in [-0.39, 0.29) is 29.6 Å². The minimum absolute atomic E-state index is 0.0302. The van der Waals surface area contributed by atoms with Crippen LogP contribution < -0.4 is 5.56 Å². The second-order valence-corrected chi connectivity index (χ2v) is 7.97. The normalized spacial score (nSPS) is 16.3. The molecule has 0 spiro atoms. The number of halogens is 1. The Bertz CT molecular complexity index is 1130. The van der Waals surface area contributed by atoms with Gasteiger partial charge in [-0.25, -0.2) is 9.18 Å². The molecule has 1 saturated heterocycles. The summed E-state index contributed by atoms with van der Waals surface area (Å²) in [5, 5.41) is 0. The molecule has 4 rings (SSSR count). The zero-order valence-corrected chi connectivity index (χ0v) is 19.0. The van der Waals surface area contributed by atoms with Crippen molar-refractivity contribution in [1.29, 1.82) is 0 Å². The van der Waals surface area contributed by atoms with Crippen LogP contribution in [0.15, 0.2) is 90.4 Å². The van der Waals surface area contributed by atoms with Crippen molar-refractivity contribution in [3.05, 3.63) is 107 Å². The standard InChI is InChI=1S/C21H24N2O3.C6H5F/c1-4-5-19-12-13-23(21(25)26-19)15(2)16-6-8-17(9-7-16)18-10-11-20(24)22(3)14-18;7-6-4-2-1-3-5-6/h4,6-11,14-15,19H,1,5,12-13H2,2-3H3;1-5H. The van der Waals surface area contributed by atoms with Crippen LogP contribution in [0.5, 0.6) is 0 Å². The van der Waals surface area contributed by atoms with Crippen molar-refractivity contribution in [2.24, 2.45) is 7.05 Å². The molecular formula is C27H29FN2O3. The Morgan fingerprint density at radius 2 is 1.73 bits per heavy atom. The van der Waals surface area contributed by atoms with Crippen LogP contribution >= 0.6 is 0 Å². The van der Waals surface area contributed by atoms with Gasteiger partial charge in [0.05, 0.1) is 6.04 Å². The highest BCUT2D eigenvalue weighted by Crippen LogP contribution is 2.28. The van der Waals surface area contributed by atoms with Crippen LogP contribution in [-0.2, 0) is 11.8 Å². The van der Waals surface area contributed by atoms with Crippen LogP contribution in [0.1, 0.15) is 31.4 Å². The maximum Gasteiger partial charge on any atom is 0.410 e. The van der Waals surface area contributed by atoms with Crippen molar-refractivity contribution in [3.8, 4) is 11.1 Å². The molecule has 2 unspecified atom stereocenters. The van der Waals surface area contributed by atoms with Gasteiger partial charge in [0.15, 0.2) is 0 Å². The first-order valence-corrected chi connectivity index (χ1v) is 10.9. The molecule has 2 heterocycles. The number of rotatable bonds is 5. The third kappa shape index (κ3) is 6.42. The van der Waals surface area contributed by atoms with E-state index in [4.69, 9.17) is 4.74 Å². The first-order valence-electron chi connectivity index (χ1n) is 10.9. The van der Waals surface area contributed by atoms with E-state index in [9.17, 15) is 14.0 Å². The van der Waals surface area contributed by atoms with E-state index in [0.29, 0.717) is 13.0 Å². The summed E-state index contributed by atoms with van der Waals surface area (Å²) in [6, 6.07) is 19.3. The Kier molecular flexibility index (Phi) is 8.19. The predicted molar refractivity (Wildman–Crippen MR) is 128 cm³/mol. The zero-order chi connectivity index (χ0) is 23.8. The number of benzene rings is 2. The maximum absolute atomic E-state index is 12.3. The Balaban J connectivity index is 0.000000374. The van der Waals surface area contributed by atoms with Crippen molar-refractivity contribution >= 4 is 6.09 Å². The van der Waals surface area contributed by atoms with Crippen molar-refractivity contribution in [3.63, 3.8) is 0 Å². The number of carbonyl (C=O) groups excluding carboxylic acids is 1. The zero-order valence-electron chi connectivity index (χ0n) is 19.0. The molecule has 0 aliphatic carbocycles. The van der Waals surface area contributed by atoms with Gasteiger partial charge in [0, 0.05) is 38.7 Å². The van der Waals surface area contributed by atoms with Crippen molar-refractivity contribution < 1.29 is 13.9 Å². The molecule has 33 heavy (non-hydrogen) atoms. The van der Waals surface area contributed by atoms with E-state index < -0.39 is 0 Å². The van der Waals surface area contributed by atoms with Crippen LogP contribution in [0.3, 0.4) is 0 Å². The molecule has 3 aromatic rings. The number of ether oxygens (including phenoxy) is 1. The van der Waals surface area contributed by atoms with E-state index in [1.807, 2.05) is 43.5 Å². The summed E-state index contributed by atoms with van der Waals surface area (Å²) in [5.74, 6) is -0.178. The quantitative estimate of drug-likeness (QED) is 0.469. The number of cyclic esters (lactones) is 1. The summed E-state index contributed by atoms with van der Waals surface area (Å²) in [4.78, 5) is 25.6. The molecule has 6 heteroatoms. The number of hydrogen-bond donors (Lipinski definition) is 0. The van der Waals surface area contributed by atoms with Gasteiger partial charge in [-0.2, -0.15) is 0 Å². The molecule has 1 aliphatic heterocycles. The lowest BCUT2D eigenvalue weighted by Gasteiger charge is -2.35. The largest absolute Gasteiger partial charge is 0.446 e. The number of aromatic nitrogens is 1. The molecule has 0 bridgehead atoms. The molecule has 1 fully saturated rings. The summed E-state index contributed by atoms with van der Waals surface area (Å²) in [6.07, 6.45) is 4.80. The highest BCUT2D eigenvalue weighted by atomic mass is 19.1. The lowest BCUT2D eigenvalue weighted by molar-refractivity contribution is 0.0146. The summed E-state index contributed by atoms with van der Waals surface area (Å²) in [7, 11) is 1.74. The second kappa shape index (κ2) is 11.3. The number of carbonyl (C=O) groups is 1. The van der Waals surface area contributed by atoms with Crippen molar-refractivity contribution in [1.82, 2.24) is 9.47 Å². The summed E-state index contributed by atoms with van der Waals surface area (Å²) in [6.45, 7) is 6.39. The summed E-state index contributed by atoms with van der Waals surface area (Å²) in [5.41, 5.74) is 3.04. The third-order valence-corrected chi connectivity index (χ3v) is 5.64. The van der Waals surface area contributed by atoms with E-state index >= 15 is 0 Å². The summed E-state index contributed by atoms with van der Waals surface area (Å²) >= 11 is 0. The molecule has 0 saturated carbocycles. The van der Waals surface area contributed by atoms with Crippen LogP contribution in [0, 0.1) is 5.82 Å². The molecule has 0 N–H and O–H groups in total. The van der Waals surface area contributed by atoms with Crippen LogP contribution in [0.4, 0.5) is 9.18 Å². The van der Waals surface area contributed by atoms with Gasteiger partial charge in [-0.05, 0) is 41.8 Å². The first kappa shape index (κ1) is 24.0. The predicted octanol–water partition coefficient (Wildman–Crippen LogP) is 5.73. The lowest BCUT2D eigenvalue weighted by atomic mass is 10.0. The highest BCUT2D eigenvalue weighted by Gasteiger charge is 2.30. The smallest absolute Gasteiger partial charge is 0.410 e. The van der Waals surface area contributed by atoms with Gasteiger partial charge in [0.25, 0.3) is 0 Å². The van der Waals surface area contributed by atoms with Gasteiger partial charge in [0.2, 0.25) is 5.56 Å². The average molecular weight is 449 g/mol. The fourth-order valence-corrected chi connectivity index (χ4v) is 3.66. The maximum atomic E-state index is 12.3. The fraction of sp³-hybridized carbons (Fsp3) is 0.259. The van der Waals surface area contributed by atoms with Gasteiger partial charge >= 0.3 is 6.09 Å². The molecule has 1 amide bonds. The summed E-state index contributed by atoms with van der Waals surface area (Å²) < 4.78 is 19.0. The second-order valence-electron chi connectivity index (χ2n) is 7.97. The number of nitrogens with zero attached hydrogens (tertiary/aromatic N) is 2. The van der Waals surface area contributed by atoms with E-state index in [2.05, 4.69) is 6.58 Å². The molecule has 1 aromatic heterocycles. The van der Waals surface area contributed by atoms with E-state index in [1.165, 1.54) is 12.1 Å². The van der Waals surface area contributed by atoms with Crippen LogP contribution in [-0.4, -0.2) is 28.2 Å². The fourth-order valence-electron chi connectivity index (χ4n) is 3.66. The van der Waals surface area contributed by atoms with Gasteiger partial charge in [-0.15, -0.1) is 6.58 Å². The number of amides is 1. The monoisotopic (exact) mass is 448 g/mol. The molecule has 172 valence electrons. The minimum Gasteiger partial charge on any atom is -0.446 e. The molecule has 0 radical (unpaired) electrons. The Morgan fingerprint density at radius 3 is 2.27 bits per heavy atom. The van der Waals surface area contributed by atoms with Gasteiger partial charge in [0.1, 0.15) is 11.9 Å². The van der Waals surface area contributed by atoms with Gasteiger partial charge < -0.3 is 14.2 Å². The minimum atomic E-state index is -0.266. The van der Waals surface area contributed by atoms with Gasteiger partial charge in [-0.3, -0.25) is 4.79 Å². The first-order chi connectivity index (χ1) is 15.9. The third-order valence-electron chi connectivity index (χ3n) is 5.64. The Labute approximate surface area is 193 Å². The van der Waals surface area contributed by atoms with E-state index in [0.717, 1.165) is 23.1 Å². The molecule has 2 aromatic carbocycles. The number of aryl methyl sites for hydroxylation is 1. The number of hydrogen-bond acceptors (Lipinski definition) is 3. The topological polar surface area (TPSA) is 51.5 Å². The van der Waals surface area contributed by atoms with Crippen molar-refractivity contribution in [2.75, 3.05) is 6.54 Å². The average Bonchev–Trinajstić information content (AvgIpc) is 2.82. The Morgan fingerprint density at radius 1 is 1.06 bits per heavy atom.